The SMILES string of the molecule is Cc1cc(=O)c(C(=O)NCCC(C)N)nn1-c1ccccc1.Cl. The predicted molar refractivity (Wildman–Crippen MR) is 92.4 cm³/mol. The second-order valence-electron chi connectivity index (χ2n) is 5.27. The number of aryl methyl sites for hydroxylation is 1. The number of nitrogens with two attached hydrogens (primary N) is 1. The van der Waals surface area contributed by atoms with Gasteiger partial charge in [-0.25, -0.2) is 4.68 Å². The first kappa shape index (κ1) is 18.9. The van der Waals surface area contributed by atoms with Crippen molar-refractivity contribution in [2.75, 3.05) is 6.54 Å². The Morgan fingerprint density at radius 3 is 2.61 bits per heavy atom. The van der Waals surface area contributed by atoms with E-state index in [9.17, 15) is 9.59 Å². The quantitative estimate of drug-likeness (QED) is 0.864. The summed E-state index contributed by atoms with van der Waals surface area (Å²) < 4.78 is 1.59. The van der Waals surface area contributed by atoms with Crippen LogP contribution in [0.1, 0.15) is 29.5 Å². The van der Waals surface area contributed by atoms with Gasteiger partial charge in [-0.2, -0.15) is 5.10 Å². The van der Waals surface area contributed by atoms with Crippen LogP contribution in [0.25, 0.3) is 5.69 Å². The largest absolute Gasteiger partial charge is 0.350 e. The molecule has 0 saturated carbocycles. The minimum atomic E-state index is -0.477. The van der Waals surface area contributed by atoms with Gasteiger partial charge in [0.2, 0.25) is 5.43 Å². The van der Waals surface area contributed by atoms with Gasteiger partial charge in [0, 0.05) is 24.3 Å². The molecule has 124 valence electrons. The summed E-state index contributed by atoms with van der Waals surface area (Å²) in [5.41, 5.74) is 6.60. The van der Waals surface area contributed by atoms with E-state index in [1.807, 2.05) is 37.3 Å². The molecule has 7 heteroatoms. The topological polar surface area (TPSA) is 90.0 Å². The molecule has 3 N–H and O–H groups in total. The highest BCUT2D eigenvalue weighted by molar-refractivity contribution is 5.92. The molecular weight excluding hydrogens is 316 g/mol. The normalized spacial score (nSPS) is 11.4. The molecule has 1 amide bonds. The van der Waals surface area contributed by atoms with Crippen molar-refractivity contribution in [2.24, 2.45) is 5.73 Å². The summed E-state index contributed by atoms with van der Waals surface area (Å²) in [5.74, 6) is -0.477. The van der Waals surface area contributed by atoms with Crippen molar-refractivity contribution in [1.29, 1.82) is 0 Å². The Labute approximate surface area is 141 Å². The summed E-state index contributed by atoms with van der Waals surface area (Å²) in [6, 6.07) is 10.8. The van der Waals surface area contributed by atoms with Gasteiger partial charge in [0.05, 0.1) is 5.69 Å². The van der Waals surface area contributed by atoms with Crippen molar-refractivity contribution in [1.82, 2.24) is 15.1 Å². The van der Waals surface area contributed by atoms with Gasteiger partial charge in [-0.05, 0) is 32.4 Å². The van der Waals surface area contributed by atoms with Crippen LogP contribution in [0.3, 0.4) is 0 Å². The lowest BCUT2D eigenvalue weighted by Gasteiger charge is -2.11. The number of amides is 1. The maximum absolute atomic E-state index is 12.1. The number of carbonyl (C=O) groups is 1. The third-order valence-corrected chi connectivity index (χ3v) is 3.21. The Morgan fingerprint density at radius 2 is 2.00 bits per heavy atom. The van der Waals surface area contributed by atoms with E-state index < -0.39 is 5.91 Å². The zero-order valence-electron chi connectivity index (χ0n) is 13.2. The first-order valence-corrected chi connectivity index (χ1v) is 7.19. The van der Waals surface area contributed by atoms with Crippen LogP contribution >= 0.6 is 12.4 Å². The van der Waals surface area contributed by atoms with Gasteiger partial charge in [0.25, 0.3) is 5.91 Å². The van der Waals surface area contributed by atoms with E-state index in [4.69, 9.17) is 5.73 Å². The van der Waals surface area contributed by atoms with Gasteiger partial charge in [-0.1, -0.05) is 18.2 Å². The number of hydrogen-bond donors (Lipinski definition) is 2. The highest BCUT2D eigenvalue weighted by atomic mass is 35.5. The Morgan fingerprint density at radius 1 is 1.35 bits per heavy atom. The van der Waals surface area contributed by atoms with Crippen LogP contribution in [-0.2, 0) is 0 Å². The molecule has 1 unspecified atom stereocenters. The number of hydrogen-bond acceptors (Lipinski definition) is 4. The molecule has 1 aromatic carbocycles. The molecule has 1 atom stereocenters. The molecule has 1 aromatic heterocycles. The van der Waals surface area contributed by atoms with Crippen molar-refractivity contribution in [3.8, 4) is 5.69 Å². The number of halogens is 1. The van der Waals surface area contributed by atoms with E-state index in [2.05, 4.69) is 10.4 Å². The molecule has 23 heavy (non-hydrogen) atoms. The minimum absolute atomic E-state index is 0. The first-order chi connectivity index (χ1) is 10.5. The Bertz CT molecular complexity index is 714. The van der Waals surface area contributed by atoms with E-state index in [0.29, 0.717) is 18.7 Å². The maximum Gasteiger partial charge on any atom is 0.275 e. The average molecular weight is 337 g/mol. The van der Waals surface area contributed by atoms with Crippen molar-refractivity contribution >= 4 is 18.3 Å². The summed E-state index contributed by atoms with van der Waals surface area (Å²) in [6.07, 6.45) is 0.643. The fraction of sp³-hybridized carbons (Fsp3) is 0.312. The van der Waals surface area contributed by atoms with Crippen molar-refractivity contribution < 1.29 is 4.79 Å². The molecule has 0 spiro atoms. The second-order valence-corrected chi connectivity index (χ2v) is 5.27. The molecular formula is C16H21ClN4O2. The molecule has 2 rings (SSSR count). The summed E-state index contributed by atoms with van der Waals surface area (Å²) in [6.45, 7) is 4.05. The van der Waals surface area contributed by atoms with E-state index in [1.54, 1.807) is 11.6 Å². The number of nitrogens with zero attached hydrogens (tertiary/aromatic N) is 2. The van der Waals surface area contributed by atoms with E-state index in [-0.39, 0.29) is 29.6 Å². The van der Waals surface area contributed by atoms with Gasteiger partial charge in [-0.3, -0.25) is 9.59 Å². The standard InChI is InChI=1S/C16H20N4O2.ClH/c1-11(17)8-9-18-16(22)15-14(21)10-12(2)20(19-15)13-6-4-3-5-7-13;/h3-7,10-11H,8-9,17H2,1-2H3,(H,18,22);1H. The molecule has 6 nitrogen and oxygen atoms in total. The van der Waals surface area contributed by atoms with Crippen LogP contribution in [0.15, 0.2) is 41.2 Å². The third-order valence-electron chi connectivity index (χ3n) is 3.21. The summed E-state index contributed by atoms with van der Waals surface area (Å²) in [4.78, 5) is 24.1. The number of aromatic nitrogens is 2. The number of para-hydroxylation sites is 1. The fourth-order valence-corrected chi connectivity index (χ4v) is 2.03. The molecule has 0 saturated heterocycles. The highest BCUT2D eigenvalue weighted by Crippen LogP contribution is 2.07. The zero-order valence-corrected chi connectivity index (χ0v) is 14.0. The van der Waals surface area contributed by atoms with Crippen LogP contribution < -0.4 is 16.5 Å². The zero-order chi connectivity index (χ0) is 16.1. The highest BCUT2D eigenvalue weighted by Gasteiger charge is 2.14. The average Bonchev–Trinajstić information content (AvgIpc) is 2.47. The van der Waals surface area contributed by atoms with Gasteiger partial charge >= 0.3 is 0 Å². The van der Waals surface area contributed by atoms with Crippen LogP contribution in [-0.4, -0.2) is 28.3 Å². The molecule has 0 fully saturated rings. The van der Waals surface area contributed by atoms with E-state index in [0.717, 1.165) is 5.69 Å². The van der Waals surface area contributed by atoms with Gasteiger partial charge < -0.3 is 11.1 Å². The third kappa shape index (κ3) is 4.91. The fourth-order valence-electron chi connectivity index (χ4n) is 2.03. The number of carbonyl (C=O) groups excluding carboxylic acids is 1. The van der Waals surface area contributed by atoms with Gasteiger partial charge in [0.15, 0.2) is 5.69 Å². The molecule has 0 aliphatic carbocycles. The molecule has 0 radical (unpaired) electrons. The van der Waals surface area contributed by atoms with Crippen molar-refractivity contribution in [3.63, 3.8) is 0 Å². The maximum atomic E-state index is 12.1. The summed E-state index contributed by atoms with van der Waals surface area (Å²) in [5, 5.41) is 6.88. The number of nitrogens with one attached hydrogen (secondary N) is 1. The van der Waals surface area contributed by atoms with E-state index >= 15 is 0 Å². The van der Waals surface area contributed by atoms with Crippen LogP contribution in [0.4, 0.5) is 0 Å². The first-order valence-electron chi connectivity index (χ1n) is 7.19. The molecule has 1 heterocycles. The van der Waals surface area contributed by atoms with E-state index in [1.165, 1.54) is 6.07 Å². The molecule has 0 aliphatic rings. The lowest BCUT2D eigenvalue weighted by Crippen LogP contribution is -2.34. The number of rotatable bonds is 5. The van der Waals surface area contributed by atoms with Gasteiger partial charge in [-0.15, -0.1) is 12.4 Å². The lowest BCUT2D eigenvalue weighted by atomic mass is 10.2. The summed E-state index contributed by atoms with van der Waals surface area (Å²) in [7, 11) is 0. The Hall–Kier alpha value is -2.18. The molecule has 0 aliphatic heterocycles. The molecule has 2 aromatic rings. The van der Waals surface area contributed by atoms with Crippen molar-refractivity contribution in [2.45, 2.75) is 26.3 Å². The van der Waals surface area contributed by atoms with Crippen LogP contribution in [0.2, 0.25) is 0 Å². The van der Waals surface area contributed by atoms with Crippen molar-refractivity contribution in [3.05, 3.63) is 58.0 Å². The Balaban J connectivity index is 0.00000264. The second kappa shape index (κ2) is 8.45. The van der Waals surface area contributed by atoms with Crippen LogP contribution in [0, 0.1) is 6.92 Å². The Kier molecular flexibility index (Phi) is 6.93. The lowest BCUT2D eigenvalue weighted by molar-refractivity contribution is 0.0945. The minimum Gasteiger partial charge on any atom is -0.350 e. The van der Waals surface area contributed by atoms with Gasteiger partial charge in [0.1, 0.15) is 0 Å². The molecule has 0 bridgehead atoms. The smallest absolute Gasteiger partial charge is 0.275 e. The van der Waals surface area contributed by atoms with Crippen LogP contribution in [0.5, 0.6) is 0 Å². The predicted octanol–water partition coefficient (Wildman–Crippen LogP) is 1.43. The summed E-state index contributed by atoms with van der Waals surface area (Å²) >= 11 is 0. The monoisotopic (exact) mass is 336 g/mol. The number of benzene rings is 1.